The zero-order valence-electron chi connectivity index (χ0n) is 11.5. The number of rotatable bonds is 1. The minimum atomic E-state index is -0.0704. The first-order valence-electron chi connectivity index (χ1n) is 6.90. The molecule has 0 bridgehead atoms. The van der Waals surface area contributed by atoms with Gasteiger partial charge >= 0.3 is 0 Å². The number of nitrogens with two attached hydrogens (primary N) is 1. The number of hydrogen-bond acceptors (Lipinski definition) is 1. The lowest BCUT2D eigenvalue weighted by Crippen LogP contribution is -2.36. The number of benzene rings is 1. The van der Waals surface area contributed by atoms with Crippen LogP contribution in [0.3, 0.4) is 0 Å². The van der Waals surface area contributed by atoms with E-state index in [1.54, 1.807) is 0 Å². The van der Waals surface area contributed by atoms with Crippen LogP contribution in [0.2, 0.25) is 0 Å². The summed E-state index contributed by atoms with van der Waals surface area (Å²) in [6.45, 7) is 6.59. The quantitative estimate of drug-likeness (QED) is 0.723. The van der Waals surface area contributed by atoms with E-state index < -0.39 is 0 Å². The summed E-state index contributed by atoms with van der Waals surface area (Å²) in [5, 5.41) is 0. The molecule has 1 aromatic rings. The average molecular weight is 231 g/mol. The Kier molecular flexibility index (Phi) is 3.58. The molecule has 0 heterocycles. The molecule has 0 atom stereocenters. The molecule has 2 N–H and O–H groups in total. The van der Waals surface area contributed by atoms with Crippen molar-refractivity contribution >= 4 is 0 Å². The molecule has 1 nitrogen and oxygen atoms in total. The third-order valence-corrected chi connectivity index (χ3v) is 4.37. The summed E-state index contributed by atoms with van der Waals surface area (Å²) in [4.78, 5) is 0. The first-order valence-corrected chi connectivity index (χ1v) is 6.90. The van der Waals surface area contributed by atoms with Gasteiger partial charge in [-0.05, 0) is 55.9 Å². The van der Waals surface area contributed by atoms with Gasteiger partial charge in [-0.15, -0.1) is 0 Å². The lowest BCUT2D eigenvalue weighted by Gasteiger charge is -2.31. The summed E-state index contributed by atoms with van der Waals surface area (Å²) in [5.41, 5.74) is 12.1. The van der Waals surface area contributed by atoms with Gasteiger partial charge in [0.2, 0.25) is 0 Å². The molecule has 1 fully saturated rings. The van der Waals surface area contributed by atoms with Gasteiger partial charge in [0, 0.05) is 5.54 Å². The maximum Gasteiger partial charge on any atom is 0.0412 e. The first kappa shape index (κ1) is 12.6. The Balaban J connectivity index is 2.40. The van der Waals surface area contributed by atoms with Gasteiger partial charge in [-0.2, -0.15) is 0 Å². The first-order chi connectivity index (χ1) is 8.03. The summed E-state index contributed by atoms with van der Waals surface area (Å²) in [6, 6.07) is 4.63. The van der Waals surface area contributed by atoms with E-state index >= 15 is 0 Å². The molecule has 0 radical (unpaired) electrons. The predicted molar refractivity (Wildman–Crippen MR) is 74.2 cm³/mol. The highest BCUT2D eigenvalue weighted by Gasteiger charge is 2.29. The third-order valence-electron chi connectivity index (χ3n) is 4.37. The van der Waals surface area contributed by atoms with E-state index in [4.69, 9.17) is 5.73 Å². The summed E-state index contributed by atoms with van der Waals surface area (Å²) < 4.78 is 0. The van der Waals surface area contributed by atoms with Crippen molar-refractivity contribution in [1.29, 1.82) is 0 Å². The van der Waals surface area contributed by atoms with E-state index in [9.17, 15) is 0 Å². The van der Waals surface area contributed by atoms with Gasteiger partial charge in [-0.25, -0.2) is 0 Å². The molecule has 2 rings (SSSR count). The van der Waals surface area contributed by atoms with Gasteiger partial charge in [0.15, 0.2) is 0 Å². The topological polar surface area (TPSA) is 26.0 Å². The van der Waals surface area contributed by atoms with E-state index in [0.29, 0.717) is 0 Å². The second-order valence-corrected chi connectivity index (χ2v) is 5.82. The van der Waals surface area contributed by atoms with Gasteiger partial charge in [0.25, 0.3) is 0 Å². The van der Waals surface area contributed by atoms with Crippen LogP contribution in [0.25, 0.3) is 0 Å². The monoisotopic (exact) mass is 231 g/mol. The Hall–Kier alpha value is -0.820. The van der Waals surface area contributed by atoms with Crippen LogP contribution in [-0.2, 0) is 5.54 Å². The molecule has 0 amide bonds. The van der Waals surface area contributed by atoms with Crippen molar-refractivity contribution in [2.24, 2.45) is 5.73 Å². The Labute approximate surface area is 105 Å². The minimum absolute atomic E-state index is 0.0704. The normalized spacial score (nSPS) is 20.0. The van der Waals surface area contributed by atoms with Gasteiger partial charge in [-0.3, -0.25) is 0 Å². The second-order valence-electron chi connectivity index (χ2n) is 5.82. The molecular formula is C16H25N. The zero-order valence-corrected chi connectivity index (χ0v) is 11.5. The van der Waals surface area contributed by atoms with Crippen LogP contribution in [0.1, 0.15) is 60.8 Å². The van der Waals surface area contributed by atoms with Crippen LogP contribution in [-0.4, -0.2) is 0 Å². The standard InChI is InChI=1S/C16H25N/c1-12-10-14(3)15(11-13(12)2)16(17)8-6-4-5-7-9-16/h10-11H,4-9,17H2,1-3H3. The summed E-state index contributed by atoms with van der Waals surface area (Å²) in [5.74, 6) is 0. The van der Waals surface area contributed by atoms with E-state index in [0.717, 1.165) is 12.8 Å². The fourth-order valence-electron chi connectivity index (χ4n) is 3.13. The molecule has 0 saturated heterocycles. The molecular weight excluding hydrogens is 206 g/mol. The highest BCUT2D eigenvalue weighted by atomic mass is 14.7. The van der Waals surface area contributed by atoms with Crippen LogP contribution in [0.15, 0.2) is 12.1 Å². The van der Waals surface area contributed by atoms with Gasteiger partial charge < -0.3 is 5.73 Å². The highest BCUT2D eigenvalue weighted by Crippen LogP contribution is 2.36. The number of hydrogen-bond donors (Lipinski definition) is 1. The maximum absolute atomic E-state index is 6.70. The van der Waals surface area contributed by atoms with E-state index in [2.05, 4.69) is 32.9 Å². The molecule has 1 aromatic carbocycles. The van der Waals surface area contributed by atoms with Gasteiger partial charge in [0.1, 0.15) is 0 Å². The van der Waals surface area contributed by atoms with Crippen molar-refractivity contribution in [2.45, 2.75) is 64.8 Å². The largest absolute Gasteiger partial charge is 0.321 e. The molecule has 0 aromatic heterocycles. The molecule has 1 aliphatic carbocycles. The zero-order chi connectivity index (χ0) is 12.5. The van der Waals surface area contributed by atoms with E-state index in [1.807, 2.05) is 0 Å². The van der Waals surface area contributed by atoms with E-state index in [-0.39, 0.29) is 5.54 Å². The number of aryl methyl sites for hydroxylation is 3. The molecule has 17 heavy (non-hydrogen) atoms. The van der Waals surface area contributed by atoms with Crippen LogP contribution in [0.5, 0.6) is 0 Å². The Morgan fingerprint density at radius 3 is 1.94 bits per heavy atom. The van der Waals surface area contributed by atoms with Crippen LogP contribution >= 0.6 is 0 Å². The lowest BCUT2D eigenvalue weighted by molar-refractivity contribution is 0.383. The lowest BCUT2D eigenvalue weighted by atomic mass is 9.80. The third kappa shape index (κ3) is 2.55. The second kappa shape index (κ2) is 4.81. The maximum atomic E-state index is 6.70. The van der Waals surface area contributed by atoms with Crippen molar-refractivity contribution in [2.75, 3.05) is 0 Å². The average Bonchev–Trinajstić information content (AvgIpc) is 2.49. The molecule has 0 unspecified atom stereocenters. The predicted octanol–water partition coefficient (Wildman–Crippen LogP) is 4.12. The van der Waals surface area contributed by atoms with Crippen molar-refractivity contribution in [3.63, 3.8) is 0 Å². The van der Waals surface area contributed by atoms with Gasteiger partial charge in [-0.1, -0.05) is 37.8 Å². The molecule has 1 saturated carbocycles. The molecule has 1 heteroatoms. The summed E-state index contributed by atoms with van der Waals surface area (Å²) in [6.07, 6.45) is 7.56. The van der Waals surface area contributed by atoms with E-state index in [1.165, 1.54) is 47.9 Å². The van der Waals surface area contributed by atoms with Gasteiger partial charge in [0.05, 0.1) is 0 Å². The SMILES string of the molecule is Cc1cc(C)c(C2(N)CCCCCC2)cc1C. The summed E-state index contributed by atoms with van der Waals surface area (Å²) >= 11 is 0. The Bertz CT molecular complexity index is 398. The van der Waals surface area contributed by atoms with Crippen LogP contribution < -0.4 is 5.73 Å². The highest BCUT2D eigenvalue weighted by molar-refractivity contribution is 5.40. The smallest absolute Gasteiger partial charge is 0.0412 e. The van der Waals surface area contributed by atoms with Crippen LogP contribution in [0.4, 0.5) is 0 Å². The Morgan fingerprint density at radius 1 is 0.824 bits per heavy atom. The molecule has 1 aliphatic rings. The molecule has 0 aliphatic heterocycles. The molecule has 0 spiro atoms. The van der Waals surface area contributed by atoms with Crippen molar-refractivity contribution in [1.82, 2.24) is 0 Å². The fourth-order valence-corrected chi connectivity index (χ4v) is 3.13. The summed E-state index contributed by atoms with van der Waals surface area (Å²) in [7, 11) is 0. The molecule has 94 valence electrons. The van der Waals surface area contributed by atoms with Crippen molar-refractivity contribution in [3.8, 4) is 0 Å². The van der Waals surface area contributed by atoms with Crippen molar-refractivity contribution in [3.05, 3.63) is 34.4 Å². The Morgan fingerprint density at radius 2 is 1.35 bits per heavy atom. The van der Waals surface area contributed by atoms with Crippen LogP contribution in [0, 0.1) is 20.8 Å². The fraction of sp³-hybridized carbons (Fsp3) is 0.625. The minimum Gasteiger partial charge on any atom is -0.321 e. The van der Waals surface area contributed by atoms with Crippen molar-refractivity contribution < 1.29 is 0 Å².